The Kier molecular flexibility index (Phi) is 4.99. The molecule has 154 valence electrons. The second kappa shape index (κ2) is 7.94. The summed E-state index contributed by atoms with van der Waals surface area (Å²) in [5.41, 5.74) is 3.06. The first-order valence-electron chi connectivity index (χ1n) is 11.0. The highest BCUT2D eigenvalue weighted by Gasteiger charge is 2.32. The van der Waals surface area contributed by atoms with E-state index in [9.17, 15) is 5.26 Å². The highest BCUT2D eigenvalue weighted by atomic mass is 15.3. The molecule has 5 rings (SSSR count). The molecule has 1 aliphatic heterocycles. The van der Waals surface area contributed by atoms with Gasteiger partial charge in [-0.2, -0.15) is 15.2 Å². The summed E-state index contributed by atoms with van der Waals surface area (Å²) in [5, 5.41) is 12.6. The molecule has 7 heteroatoms. The van der Waals surface area contributed by atoms with Gasteiger partial charge in [0.25, 0.3) is 0 Å². The van der Waals surface area contributed by atoms with Gasteiger partial charge in [0.05, 0.1) is 18.0 Å². The Hall–Kier alpha value is -3.14. The maximum absolute atomic E-state index is 9.22. The molecule has 0 bridgehead atoms. The predicted molar refractivity (Wildman–Crippen MR) is 118 cm³/mol. The highest BCUT2D eigenvalue weighted by Crippen LogP contribution is 2.37. The van der Waals surface area contributed by atoms with Crippen molar-refractivity contribution in [3.8, 4) is 6.07 Å². The maximum Gasteiger partial charge on any atom is 0.229 e. The SMILES string of the molecule is CCn1cnc2c(Nc3cccc(C#N)c3)nc(N3CC[C@@H]4CCCC[C@H]4C3)nc21. The molecule has 0 amide bonds. The Morgan fingerprint density at radius 1 is 1.17 bits per heavy atom. The second-order valence-electron chi connectivity index (χ2n) is 8.43. The molecule has 2 aliphatic rings. The third-order valence-corrected chi connectivity index (χ3v) is 6.62. The molecule has 1 aliphatic carbocycles. The summed E-state index contributed by atoms with van der Waals surface area (Å²) in [6, 6.07) is 9.64. The van der Waals surface area contributed by atoms with E-state index in [1.165, 1.54) is 32.1 Å². The summed E-state index contributed by atoms with van der Waals surface area (Å²) < 4.78 is 2.06. The van der Waals surface area contributed by atoms with Crippen molar-refractivity contribution in [2.45, 2.75) is 45.6 Å². The van der Waals surface area contributed by atoms with E-state index in [1.54, 1.807) is 6.07 Å². The summed E-state index contributed by atoms with van der Waals surface area (Å²) >= 11 is 0. The third-order valence-electron chi connectivity index (χ3n) is 6.62. The Balaban J connectivity index is 1.52. The minimum absolute atomic E-state index is 0.615. The topological polar surface area (TPSA) is 82.7 Å². The molecule has 1 N–H and O–H groups in total. The lowest BCUT2D eigenvalue weighted by Crippen LogP contribution is -2.42. The number of hydrogen-bond acceptors (Lipinski definition) is 6. The molecule has 2 aromatic heterocycles. The van der Waals surface area contributed by atoms with Gasteiger partial charge in [0.1, 0.15) is 0 Å². The lowest BCUT2D eigenvalue weighted by atomic mass is 9.75. The third kappa shape index (κ3) is 3.47. The highest BCUT2D eigenvalue weighted by molar-refractivity contribution is 5.86. The van der Waals surface area contributed by atoms with Crippen LogP contribution in [-0.4, -0.2) is 32.6 Å². The van der Waals surface area contributed by atoms with Crippen LogP contribution in [0.4, 0.5) is 17.5 Å². The first-order chi connectivity index (χ1) is 14.7. The largest absolute Gasteiger partial charge is 0.340 e. The normalized spacial score (nSPS) is 21.3. The van der Waals surface area contributed by atoms with Gasteiger partial charge in [-0.1, -0.05) is 25.3 Å². The summed E-state index contributed by atoms with van der Waals surface area (Å²) in [5.74, 6) is 3.10. The van der Waals surface area contributed by atoms with Crippen molar-refractivity contribution in [3.05, 3.63) is 36.2 Å². The summed E-state index contributed by atoms with van der Waals surface area (Å²) in [7, 11) is 0. The van der Waals surface area contributed by atoms with Crippen LogP contribution in [0.2, 0.25) is 0 Å². The zero-order chi connectivity index (χ0) is 20.5. The van der Waals surface area contributed by atoms with E-state index >= 15 is 0 Å². The first-order valence-corrected chi connectivity index (χ1v) is 11.0. The van der Waals surface area contributed by atoms with E-state index in [2.05, 4.69) is 32.8 Å². The van der Waals surface area contributed by atoms with Crippen molar-refractivity contribution < 1.29 is 0 Å². The van der Waals surface area contributed by atoms with Crippen LogP contribution in [0.15, 0.2) is 30.6 Å². The molecule has 0 radical (unpaired) electrons. The Bertz CT molecular complexity index is 1100. The van der Waals surface area contributed by atoms with E-state index in [0.29, 0.717) is 11.4 Å². The molecule has 2 atom stereocenters. The van der Waals surface area contributed by atoms with Gasteiger partial charge in [0, 0.05) is 25.3 Å². The number of nitriles is 1. The number of imidazole rings is 1. The molecule has 7 nitrogen and oxygen atoms in total. The number of fused-ring (bicyclic) bond motifs is 2. The van der Waals surface area contributed by atoms with Crippen molar-refractivity contribution in [3.63, 3.8) is 0 Å². The number of aromatic nitrogens is 4. The Labute approximate surface area is 176 Å². The van der Waals surface area contributed by atoms with E-state index in [4.69, 9.17) is 9.97 Å². The van der Waals surface area contributed by atoms with Crippen LogP contribution in [0.1, 0.15) is 44.6 Å². The van der Waals surface area contributed by atoms with E-state index in [0.717, 1.165) is 54.3 Å². The van der Waals surface area contributed by atoms with Gasteiger partial charge in [-0.15, -0.1) is 0 Å². The number of nitrogens with zero attached hydrogens (tertiary/aromatic N) is 6. The number of hydrogen-bond donors (Lipinski definition) is 1. The monoisotopic (exact) mass is 401 g/mol. The van der Waals surface area contributed by atoms with E-state index < -0.39 is 0 Å². The molecular formula is C23H27N7. The lowest BCUT2D eigenvalue weighted by Gasteiger charge is -2.41. The van der Waals surface area contributed by atoms with Gasteiger partial charge in [0.15, 0.2) is 17.0 Å². The van der Waals surface area contributed by atoms with Gasteiger partial charge in [-0.05, 0) is 49.8 Å². The predicted octanol–water partition coefficient (Wildman–Crippen LogP) is 4.48. The number of aryl methyl sites for hydroxylation is 1. The van der Waals surface area contributed by atoms with Crippen LogP contribution in [0.3, 0.4) is 0 Å². The summed E-state index contributed by atoms with van der Waals surface area (Å²) in [6.45, 7) is 4.96. The van der Waals surface area contributed by atoms with Gasteiger partial charge in [0.2, 0.25) is 5.95 Å². The molecule has 1 saturated heterocycles. The van der Waals surface area contributed by atoms with Crippen LogP contribution in [0, 0.1) is 23.2 Å². The van der Waals surface area contributed by atoms with Crippen LogP contribution in [-0.2, 0) is 6.54 Å². The Morgan fingerprint density at radius 2 is 2.03 bits per heavy atom. The zero-order valence-corrected chi connectivity index (χ0v) is 17.4. The molecule has 0 spiro atoms. The van der Waals surface area contributed by atoms with Crippen molar-refractivity contribution >= 4 is 28.6 Å². The smallest absolute Gasteiger partial charge is 0.229 e. The van der Waals surface area contributed by atoms with Gasteiger partial charge in [-0.3, -0.25) is 0 Å². The van der Waals surface area contributed by atoms with Crippen LogP contribution < -0.4 is 10.2 Å². The van der Waals surface area contributed by atoms with Gasteiger partial charge < -0.3 is 14.8 Å². The molecule has 1 aromatic carbocycles. The van der Waals surface area contributed by atoms with Crippen molar-refractivity contribution in [1.82, 2.24) is 19.5 Å². The Morgan fingerprint density at radius 3 is 2.87 bits per heavy atom. The quantitative estimate of drug-likeness (QED) is 0.694. The van der Waals surface area contributed by atoms with Crippen LogP contribution >= 0.6 is 0 Å². The minimum atomic E-state index is 0.615. The number of piperidine rings is 1. The molecule has 2 fully saturated rings. The molecule has 3 aromatic rings. The lowest BCUT2D eigenvalue weighted by molar-refractivity contribution is 0.201. The standard InChI is InChI=1S/C23H27N7/c1-2-29-15-25-20-21(26-19-9-5-6-16(12-19)13-24)27-23(28-22(20)29)30-11-10-17-7-3-4-8-18(17)14-30/h5-6,9,12,15,17-18H,2-4,7-8,10-11,14H2,1H3,(H,26,27,28)/t17-,18-/m0/s1. The van der Waals surface area contributed by atoms with Crippen molar-refractivity contribution in [1.29, 1.82) is 5.26 Å². The summed E-state index contributed by atoms with van der Waals surface area (Å²) in [4.78, 5) is 16.8. The van der Waals surface area contributed by atoms with E-state index in [1.807, 2.05) is 24.5 Å². The molecule has 0 unspecified atom stereocenters. The van der Waals surface area contributed by atoms with Crippen LogP contribution in [0.5, 0.6) is 0 Å². The number of anilines is 3. The maximum atomic E-state index is 9.22. The fourth-order valence-electron chi connectivity index (χ4n) is 4.98. The fraction of sp³-hybridized carbons (Fsp3) is 0.478. The average molecular weight is 402 g/mol. The molecular weight excluding hydrogens is 374 g/mol. The first kappa shape index (κ1) is 18.9. The van der Waals surface area contributed by atoms with Gasteiger partial charge >= 0.3 is 0 Å². The second-order valence-corrected chi connectivity index (χ2v) is 8.43. The molecule has 30 heavy (non-hydrogen) atoms. The molecule has 3 heterocycles. The minimum Gasteiger partial charge on any atom is -0.340 e. The number of benzene rings is 1. The van der Waals surface area contributed by atoms with Crippen molar-refractivity contribution in [2.75, 3.05) is 23.3 Å². The fourth-order valence-corrected chi connectivity index (χ4v) is 4.98. The molecule has 1 saturated carbocycles. The van der Waals surface area contributed by atoms with E-state index in [-0.39, 0.29) is 0 Å². The van der Waals surface area contributed by atoms with Crippen LogP contribution in [0.25, 0.3) is 11.2 Å². The van der Waals surface area contributed by atoms with Gasteiger partial charge in [-0.25, -0.2) is 4.98 Å². The summed E-state index contributed by atoms with van der Waals surface area (Å²) in [6.07, 6.45) is 8.49. The van der Waals surface area contributed by atoms with Crippen molar-refractivity contribution in [2.24, 2.45) is 11.8 Å². The average Bonchev–Trinajstić information content (AvgIpc) is 3.22. The number of nitrogens with one attached hydrogen (secondary N) is 1. The number of rotatable bonds is 4. The zero-order valence-electron chi connectivity index (χ0n) is 17.4.